The normalized spacial score (nSPS) is 16.8. The van der Waals surface area contributed by atoms with Crippen molar-refractivity contribution in [1.82, 2.24) is 10.6 Å². The van der Waals surface area contributed by atoms with Gasteiger partial charge in [-0.1, -0.05) is 32.4 Å². The summed E-state index contributed by atoms with van der Waals surface area (Å²) in [4.78, 5) is 11.5. The smallest absolute Gasteiger partial charge is 0.219 e. The van der Waals surface area contributed by atoms with Crippen LogP contribution in [-0.2, 0) is 10.2 Å². The molecule has 0 heterocycles. The number of benzene rings is 1. The molecule has 1 unspecified atom stereocenters. The fourth-order valence-electron chi connectivity index (χ4n) is 4.07. The Labute approximate surface area is 159 Å². The molecule has 4 nitrogen and oxygen atoms in total. The van der Waals surface area contributed by atoms with Crippen LogP contribution in [0.1, 0.15) is 64.9 Å². The van der Waals surface area contributed by atoms with Gasteiger partial charge in [-0.3, -0.25) is 4.79 Å². The SMILES string of the molecule is CCOc1ccc(C2(C(CC(C)C)NCCCC(=O)NC)CCC2)cc1. The van der Waals surface area contributed by atoms with Crippen molar-refractivity contribution < 1.29 is 9.53 Å². The number of carbonyl (C=O) groups is 1. The summed E-state index contributed by atoms with van der Waals surface area (Å²) in [6.07, 6.45) is 6.40. The molecule has 1 saturated carbocycles. The summed E-state index contributed by atoms with van der Waals surface area (Å²) in [5, 5.41) is 6.50. The van der Waals surface area contributed by atoms with Gasteiger partial charge in [-0.15, -0.1) is 0 Å². The van der Waals surface area contributed by atoms with Crippen molar-refractivity contribution >= 4 is 5.91 Å². The largest absolute Gasteiger partial charge is 0.494 e. The van der Waals surface area contributed by atoms with Gasteiger partial charge in [0.1, 0.15) is 5.75 Å². The fraction of sp³-hybridized carbons (Fsp3) is 0.682. The zero-order valence-corrected chi connectivity index (χ0v) is 16.9. The first-order valence-electron chi connectivity index (χ1n) is 10.2. The van der Waals surface area contributed by atoms with Crippen molar-refractivity contribution in [3.05, 3.63) is 29.8 Å². The van der Waals surface area contributed by atoms with Gasteiger partial charge in [0.2, 0.25) is 5.91 Å². The Hall–Kier alpha value is -1.55. The van der Waals surface area contributed by atoms with Gasteiger partial charge in [0.25, 0.3) is 0 Å². The van der Waals surface area contributed by atoms with Gasteiger partial charge in [0.05, 0.1) is 6.61 Å². The minimum absolute atomic E-state index is 0.122. The molecule has 146 valence electrons. The Morgan fingerprint density at radius 2 is 1.92 bits per heavy atom. The lowest BCUT2D eigenvalue weighted by Gasteiger charge is -2.49. The van der Waals surface area contributed by atoms with Crippen LogP contribution in [-0.4, -0.2) is 32.1 Å². The van der Waals surface area contributed by atoms with Crippen molar-refractivity contribution in [2.45, 2.75) is 70.8 Å². The Kier molecular flexibility index (Phi) is 7.95. The summed E-state index contributed by atoms with van der Waals surface area (Å²) in [5.74, 6) is 1.72. The van der Waals surface area contributed by atoms with E-state index in [0.717, 1.165) is 25.1 Å². The Morgan fingerprint density at radius 3 is 2.42 bits per heavy atom. The molecule has 1 aliphatic rings. The van der Waals surface area contributed by atoms with Crippen LogP contribution in [0.25, 0.3) is 0 Å². The van der Waals surface area contributed by atoms with Crippen LogP contribution >= 0.6 is 0 Å². The number of ether oxygens (including phenoxy) is 1. The highest BCUT2D eigenvalue weighted by Gasteiger charge is 2.45. The second-order valence-corrected chi connectivity index (χ2v) is 7.88. The minimum atomic E-state index is 0.122. The number of nitrogens with one attached hydrogen (secondary N) is 2. The first kappa shape index (κ1) is 20.8. The quantitative estimate of drug-likeness (QED) is 0.586. The average Bonchev–Trinajstić information content (AvgIpc) is 2.58. The molecule has 0 radical (unpaired) electrons. The highest BCUT2D eigenvalue weighted by Crippen LogP contribution is 2.48. The number of hydrogen-bond acceptors (Lipinski definition) is 3. The molecule has 1 fully saturated rings. The van der Waals surface area contributed by atoms with Gasteiger partial charge in [0.15, 0.2) is 0 Å². The zero-order chi connectivity index (χ0) is 19.0. The second kappa shape index (κ2) is 9.96. The molecule has 1 aliphatic carbocycles. The standard InChI is InChI=1S/C22H36N2O2/c1-5-26-19-11-9-18(10-12-19)22(13-7-14-22)20(16-17(2)3)24-15-6-8-21(25)23-4/h9-12,17,20,24H,5-8,13-16H2,1-4H3,(H,23,25). The molecular formula is C22H36N2O2. The zero-order valence-electron chi connectivity index (χ0n) is 16.9. The molecule has 1 atom stereocenters. The van der Waals surface area contributed by atoms with Crippen LogP contribution in [0.15, 0.2) is 24.3 Å². The molecule has 4 heteroatoms. The molecule has 0 aliphatic heterocycles. The summed E-state index contributed by atoms with van der Waals surface area (Å²) in [7, 11) is 1.70. The van der Waals surface area contributed by atoms with E-state index in [-0.39, 0.29) is 11.3 Å². The predicted molar refractivity (Wildman–Crippen MR) is 108 cm³/mol. The summed E-state index contributed by atoms with van der Waals surface area (Å²) < 4.78 is 5.61. The molecule has 2 rings (SSSR count). The van der Waals surface area contributed by atoms with E-state index in [1.165, 1.54) is 24.8 Å². The summed E-state index contributed by atoms with van der Waals surface area (Å²) in [6, 6.07) is 9.18. The minimum Gasteiger partial charge on any atom is -0.494 e. The van der Waals surface area contributed by atoms with Gasteiger partial charge < -0.3 is 15.4 Å². The van der Waals surface area contributed by atoms with Crippen LogP contribution in [0.4, 0.5) is 0 Å². The van der Waals surface area contributed by atoms with Crippen LogP contribution in [0, 0.1) is 5.92 Å². The highest BCUT2D eigenvalue weighted by molar-refractivity contribution is 5.75. The summed E-state index contributed by atoms with van der Waals surface area (Å²) in [5.41, 5.74) is 1.65. The lowest BCUT2D eigenvalue weighted by Crippen LogP contribution is -2.53. The first-order valence-corrected chi connectivity index (χ1v) is 10.2. The average molecular weight is 361 g/mol. The van der Waals surface area contributed by atoms with E-state index >= 15 is 0 Å². The van der Waals surface area contributed by atoms with Crippen molar-refractivity contribution in [3.63, 3.8) is 0 Å². The summed E-state index contributed by atoms with van der Waals surface area (Å²) in [6.45, 7) is 8.20. The molecule has 0 saturated heterocycles. The van der Waals surface area contributed by atoms with E-state index in [1.807, 2.05) is 6.92 Å². The van der Waals surface area contributed by atoms with Crippen molar-refractivity contribution in [3.8, 4) is 5.75 Å². The van der Waals surface area contributed by atoms with E-state index < -0.39 is 0 Å². The van der Waals surface area contributed by atoms with E-state index in [2.05, 4.69) is 48.7 Å². The molecule has 2 N–H and O–H groups in total. The lowest BCUT2D eigenvalue weighted by atomic mass is 9.59. The van der Waals surface area contributed by atoms with E-state index in [1.54, 1.807) is 7.05 Å². The van der Waals surface area contributed by atoms with E-state index in [0.29, 0.717) is 25.0 Å². The van der Waals surface area contributed by atoms with Gasteiger partial charge in [-0.05, 0) is 62.8 Å². The number of carbonyl (C=O) groups excluding carboxylic acids is 1. The molecule has 1 aromatic carbocycles. The molecule has 0 bridgehead atoms. The molecule has 0 spiro atoms. The van der Waals surface area contributed by atoms with Gasteiger partial charge in [-0.25, -0.2) is 0 Å². The third-order valence-electron chi connectivity index (χ3n) is 5.61. The maximum atomic E-state index is 11.5. The van der Waals surface area contributed by atoms with Gasteiger partial charge in [-0.2, -0.15) is 0 Å². The lowest BCUT2D eigenvalue weighted by molar-refractivity contribution is -0.120. The van der Waals surface area contributed by atoms with Crippen LogP contribution in [0.5, 0.6) is 5.75 Å². The van der Waals surface area contributed by atoms with Gasteiger partial charge >= 0.3 is 0 Å². The van der Waals surface area contributed by atoms with Gasteiger partial charge in [0, 0.05) is 24.9 Å². The topological polar surface area (TPSA) is 50.4 Å². The third-order valence-corrected chi connectivity index (χ3v) is 5.61. The predicted octanol–water partition coefficient (Wildman–Crippen LogP) is 4.04. The fourth-order valence-corrected chi connectivity index (χ4v) is 4.07. The molecular weight excluding hydrogens is 324 g/mol. The van der Waals surface area contributed by atoms with Crippen molar-refractivity contribution in [1.29, 1.82) is 0 Å². The Morgan fingerprint density at radius 1 is 1.23 bits per heavy atom. The molecule has 26 heavy (non-hydrogen) atoms. The maximum Gasteiger partial charge on any atom is 0.219 e. The third kappa shape index (κ3) is 5.23. The van der Waals surface area contributed by atoms with Crippen LogP contribution in [0.3, 0.4) is 0 Å². The highest BCUT2D eigenvalue weighted by atomic mass is 16.5. The maximum absolute atomic E-state index is 11.5. The van der Waals surface area contributed by atoms with Crippen LogP contribution in [0.2, 0.25) is 0 Å². The summed E-state index contributed by atoms with van der Waals surface area (Å²) >= 11 is 0. The Bertz CT molecular complexity index is 550. The number of amides is 1. The van der Waals surface area contributed by atoms with E-state index in [9.17, 15) is 4.79 Å². The number of hydrogen-bond donors (Lipinski definition) is 2. The monoisotopic (exact) mass is 360 g/mol. The molecule has 1 amide bonds. The first-order chi connectivity index (χ1) is 12.5. The van der Waals surface area contributed by atoms with Crippen molar-refractivity contribution in [2.24, 2.45) is 5.92 Å². The molecule has 1 aromatic rings. The van der Waals surface area contributed by atoms with Crippen molar-refractivity contribution in [2.75, 3.05) is 20.2 Å². The van der Waals surface area contributed by atoms with Crippen LogP contribution < -0.4 is 15.4 Å². The van der Waals surface area contributed by atoms with E-state index in [4.69, 9.17) is 4.74 Å². The second-order valence-electron chi connectivity index (χ2n) is 7.88. The number of rotatable bonds is 11. The molecule has 0 aromatic heterocycles. The Balaban J connectivity index is 2.08.